The molecule has 5 heteroatoms. The largest absolute Gasteiger partial charge is 0.459 e. The first-order valence-corrected chi connectivity index (χ1v) is 3.45. The van der Waals surface area contributed by atoms with Gasteiger partial charge in [-0.2, -0.15) is 8.78 Å². The van der Waals surface area contributed by atoms with Crippen LogP contribution in [0.1, 0.15) is 13.8 Å². The highest BCUT2D eigenvalue weighted by molar-refractivity contribution is 5.76. The smallest absolute Gasteiger partial charge is 0.376 e. The Morgan fingerprint density at radius 1 is 1.58 bits per heavy atom. The van der Waals surface area contributed by atoms with Gasteiger partial charge in [0.15, 0.2) is 0 Å². The molecule has 0 spiro atoms. The molecule has 0 aromatic heterocycles. The van der Waals surface area contributed by atoms with E-state index >= 15 is 0 Å². The van der Waals surface area contributed by atoms with Crippen molar-refractivity contribution in [3.63, 3.8) is 0 Å². The Balaban J connectivity index is 3.73. The molecule has 0 aliphatic rings. The van der Waals surface area contributed by atoms with Crippen molar-refractivity contribution < 1.29 is 23.0 Å². The third kappa shape index (κ3) is 4.23. The van der Waals surface area contributed by atoms with Gasteiger partial charge in [0, 0.05) is 14.0 Å². The number of ether oxygens (including phenoxy) is 2. The third-order valence-corrected chi connectivity index (χ3v) is 1.21. The number of carbonyl (C=O) groups excluding carboxylic acids is 1. The van der Waals surface area contributed by atoms with Gasteiger partial charge in [-0.1, -0.05) is 0 Å². The van der Waals surface area contributed by atoms with Crippen molar-refractivity contribution in [1.82, 2.24) is 0 Å². The Labute approximate surface area is 69.6 Å². The zero-order valence-electron chi connectivity index (χ0n) is 7.27. The maximum atomic E-state index is 12.2. The summed E-state index contributed by atoms with van der Waals surface area (Å²) in [6, 6.07) is 0. The average Bonchev–Trinajstić information content (AvgIpc) is 1.97. The van der Waals surface area contributed by atoms with Crippen LogP contribution in [0.4, 0.5) is 8.78 Å². The first kappa shape index (κ1) is 11.3. The summed E-state index contributed by atoms with van der Waals surface area (Å²) in [4.78, 5) is 10.5. The summed E-state index contributed by atoms with van der Waals surface area (Å²) in [5, 5.41) is 0. The van der Waals surface area contributed by atoms with E-state index in [2.05, 4.69) is 4.74 Å². The van der Waals surface area contributed by atoms with Crippen molar-refractivity contribution in [1.29, 1.82) is 0 Å². The van der Waals surface area contributed by atoms with Crippen molar-refractivity contribution in [3.05, 3.63) is 0 Å². The second kappa shape index (κ2) is 4.35. The van der Waals surface area contributed by atoms with E-state index in [1.165, 1.54) is 7.11 Å². The highest BCUT2D eigenvalue weighted by atomic mass is 19.3. The van der Waals surface area contributed by atoms with Crippen LogP contribution in [0.2, 0.25) is 0 Å². The Morgan fingerprint density at radius 2 is 2.08 bits per heavy atom. The topological polar surface area (TPSA) is 35.5 Å². The summed E-state index contributed by atoms with van der Waals surface area (Å²) in [7, 11) is 1.41. The lowest BCUT2D eigenvalue weighted by Crippen LogP contribution is -2.29. The van der Waals surface area contributed by atoms with Crippen molar-refractivity contribution in [2.45, 2.75) is 25.9 Å². The molecule has 0 saturated heterocycles. The van der Waals surface area contributed by atoms with Gasteiger partial charge in [0.25, 0.3) is 0 Å². The lowest BCUT2D eigenvalue weighted by atomic mass is 10.4. The maximum absolute atomic E-state index is 12.2. The van der Waals surface area contributed by atoms with Crippen molar-refractivity contribution in [3.8, 4) is 0 Å². The average molecular weight is 182 g/mol. The standard InChI is InChI=1S/C7H12F2O3/c1-5(11-3)4-12-6(10)7(2,8)9/h5H,4H2,1-3H3. The normalized spacial score (nSPS) is 14.1. The molecule has 0 aliphatic heterocycles. The van der Waals surface area contributed by atoms with Crippen LogP contribution in [0.25, 0.3) is 0 Å². The van der Waals surface area contributed by atoms with Crippen molar-refractivity contribution >= 4 is 5.97 Å². The van der Waals surface area contributed by atoms with E-state index in [4.69, 9.17) is 4.74 Å². The van der Waals surface area contributed by atoms with Gasteiger partial charge in [0.2, 0.25) is 0 Å². The Bertz CT molecular complexity index is 153. The summed E-state index contributed by atoms with van der Waals surface area (Å²) >= 11 is 0. The van der Waals surface area contributed by atoms with Gasteiger partial charge >= 0.3 is 11.9 Å². The quantitative estimate of drug-likeness (QED) is 0.613. The van der Waals surface area contributed by atoms with Crippen LogP contribution < -0.4 is 0 Å². The van der Waals surface area contributed by atoms with Crippen molar-refractivity contribution in [2.75, 3.05) is 13.7 Å². The molecule has 0 aromatic rings. The lowest BCUT2D eigenvalue weighted by Gasteiger charge is -2.12. The van der Waals surface area contributed by atoms with Gasteiger partial charge < -0.3 is 9.47 Å². The van der Waals surface area contributed by atoms with Crippen molar-refractivity contribution in [2.24, 2.45) is 0 Å². The number of hydrogen-bond acceptors (Lipinski definition) is 3. The number of rotatable bonds is 4. The third-order valence-electron chi connectivity index (χ3n) is 1.21. The van der Waals surface area contributed by atoms with Crippen LogP contribution in [-0.2, 0) is 14.3 Å². The first-order valence-electron chi connectivity index (χ1n) is 3.45. The zero-order valence-corrected chi connectivity index (χ0v) is 7.27. The number of esters is 1. The fraction of sp³-hybridized carbons (Fsp3) is 0.857. The highest BCUT2D eigenvalue weighted by Gasteiger charge is 2.34. The summed E-state index contributed by atoms with van der Waals surface area (Å²) in [6.07, 6.45) is -0.365. The van der Waals surface area contributed by atoms with Crippen LogP contribution in [0.5, 0.6) is 0 Å². The number of carbonyl (C=O) groups is 1. The minimum Gasteiger partial charge on any atom is -0.459 e. The van der Waals surface area contributed by atoms with E-state index in [0.29, 0.717) is 6.92 Å². The minimum atomic E-state index is -3.42. The predicted octanol–water partition coefficient (Wildman–Crippen LogP) is 1.22. The molecule has 12 heavy (non-hydrogen) atoms. The molecule has 72 valence electrons. The molecule has 0 N–H and O–H groups in total. The maximum Gasteiger partial charge on any atom is 0.376 e. The number of methoxy groups -OCH3 is 1. The van der Waals surface area contributed by atoms with Crippen LogP contribution in [0.15, 0.2) is 0 Å². The van der Waals surface area contributed by atoms with Crippen LogP contribution in [-0.4, -0.2) is 31.7 Å². The van der Waals surface area contributed by atoms with E-state index in [1.54, 1.807) is 6.92 Å². The molecular formula is C7H12F2O3. The molecule has 0 radical (unpaired) electrons. The molecule has 0 fully saturated rings. The molecule has 0 aliphatic carbocycles. The molecule has 3 nitrogen and oxygen atoms in total. The molecule has 0 heterocycles. The van der Waals surface area contributed by atoms with Gasteiger partial charge in [0.1, 0.15) is 6.61 Å². The van der Waals surface area contributed by atoms with Crippen LogP contribution in [0, 0.1) is 0 Å². The fourth-order valence-corrected chi connectivity index (χ4v) is 0.388. The molecule has 0 amide bonds. The van der Waals surface area contributed by atoms with Gasteiger partial charge in [-0.05, 0) is 6.92 Å². The highest BCUT2D eigenvalue weighted by Crippen LogP contribution is 2.13. The summed E-state index contributed by atoms with van der Waals surface area (Å²) in [5.74, 6) is -4.95. The van der Waals surface area contributed by atoms with Crippen LogP contribution in [0.3, 0.4) is 0 Å². The molecule has 1 atom stereocenters. The van der Waals surface area contributed by atoms with Gasteiger partial charge in [-0.25, -0.2) is 4.79 Å². The SMILES string of the molecule is COC(C)COC(=O)C(C)(F)F. The van der Waals surface area contributed by atoms with Gasteiger partial charge in [0.05, 0.1) is 6.10 Å². The predicted molar refractivity (Wildman–Crippen MR) is 38.1 cm³/mol. The van der Waals surface area contributed by atoms with Gasteiger partial charge in [-0.3, -0.25) is 0 Å². The second-order valence-electron chi connectivity index (χ2n) is 2.53. The van der Waals surface area contributed by atoms with E-state index in [1.807, 2.05) is 0 Å². The Hall–Kier alpha value is -0.710. The first-order chi connectivity index (χ1) is 5.38. The molecule has 0 aromatic carbocycles. The molecule has 0 bridgehead atoms. The molecule has 1 unspecified atom stereocenters. The van der Waals surface area contributed by atoms with Gasteiger partial charge in [-0.15, -0.1) is 0 Å². The number of hydrogen-bond donors (Lipinski definition) is 0. The van der Waals surface area contributed by atoms with E-state index < -0.39 is 11.9 Å². The zero-order chi connectivity index (χ0) is 9.78. The Kier molecular flexibility index (Phi) is 4.09. The van der Waals surface area contributed by atoms with E-state index in [0.717, 1.165) is 0 Å². The number of halogens is 2. The van der Waals surface area contributed by atoms with E-state index in [-0.39, 0.29) is 12.7 Å². The summed E-state index contributed by atoms with van der Waals surface area (Å²) in [5.41, 5.74) is 0. The molecular weight excluding hydrogens is 170 g/mol. The van der Waals surface area contributed by atoms with Crippen LogP contribution >= 0.6 is 0 Å². The fourth-order valence-electron chi connectivity index (χ4n) is 0.388. The summed E-state index contributed by atoms with van der Waals surface area (Å²) in [6.45, 7) is 1.95. The second-order valence-corrected chi connectivity index (χ2v) is 2.53. The lowest BCUT2D eigenvalue weighted by molar-refractivity contribution is -0.172. The molecule has 0 rings (SSSR count). The summed E-state index contributed by atoms with van der Waals surface area (Å²) < 4.78 is 33.2. The molecule has 0 saturated carbocycles. The number of alkyl halides is 2. The van der Waals surface area contributed by atoms with E-state index in [9.17, 15) is 13.6 Å². The monoisotopic (exact) mass is 182 g/mol. The Morgan fingerprint density at radius 3 is 2.42 bits per heavy atom. The minimum absolute atomic E-state index is 0.154.